The van der Waals surface area contributed by atoms with E-state index in [2.05, 4.69) is 51.2 Å². The first-order valence-electron chi connectivity index (χ1n) is 18.6. The zero-order chi connectivity index (χ0) is 43.1. The molecule has 0 amide bonds. The van der Waals surface area contributed by atoms with Crippen LogP contribution in [0.25, 0.3) is 34.9 Å². The zero-order valence-electron chi connectivity index (χ0n) is 34.1. The van der Waals surface area contributed by atoms with Crippen LogP contribution < -0.4 is 80.4 Å². The molecule has 2 aromatic heterocycles. The monoisotopic (exact) mass is 906 g/mol. The fourth-order valence-electron chi connectivity index (χ4n) is 6.07. The molecule has 8 rings (SSSR count). The van der Waals surface area contributed by atoms with Gasteiger partial charge in [-0.15, -0.1) is 0 Å². The second kappa shape index (κ2) is 21.2. The molecule has 0 unspecified atom stereocenters. The number of hydrogen-bond donors (Lipinski definition) is 4. The van der Waals surface area contributed by atoms with Crippen molar-refractivity contribution >= 4 is 78.9 Å². The summed E-state index contributed by atoms with van der Waals surface area (Å²) in [4.78, 5) is 25.6. The van der Waals surface area contributed by atoms with Crippen molar-refractivity contribution in [2.75, 3.05) is 21.3 Å². The third-order valence-electron chi connectivity index (χ3n) is 8.92. The Morgan fingerprint density at radius 3 is 0.891 bits per heavy atom. The molecule has 2 heterocycles. The van der Waals surface area contributed by atoms with Crippen LogP contribution in [0.15, 0.2) is 168 Å². The van der Waals surface area contributed by atoms with E-state index in [0.29, 0.717) is 22.7 Å². The Balaban J connectivity index is 0.00000340. The predicted molar refractivity (Wildman–Crippen MR) is 234 cm³/mol. The minimum Gasteiger partial charge on any atom is -0.744 e. The molecule has 0 aliphatic heterocycles. The van der Waals surface area contributed by atoms with Crippen LogP contribution in [-0.2, 0) is 20.2 Å². The van der Waals surface area contributed by atoms with Gasteiger partial charge in [0.05, 0.1) is 9.79 Å². The van der Waals surface area contributed by atoms with Crippen LogP contribution in [0.3, 0.4) is 0 Å². The normalized spacial score (nSPS) is 11.2. The maximum absolute atomic E-state index is 12.7. The summed E-state index contributed by atoms with van der Waals surface area (Å²) in [5.41, 5.74) is 2.85. The van der Waals surface area contributed by atoms with Crippen LogP contribution in [0.4, 0.5) is 46.5 Å². The van der Waals surface area contributed by atoms with Gasteiger partial charge in [0.2, 0.25) is 23.8 Å². The minimum atomic E-state index is -5.14. The molecule has 16 nitrogen and oxygen atoms in total. The number of nitrogens with zero attached hydrogens (tertiary/aromatic N) is 6. The topological polar surface area (TPSA) is 240 Å². The van der Waals surface area contributed by atoms with Gasteiger partial charge < -0.3 is 30.4 Å². The van der Waals surface area contributed by atoms with Gasteiger partial charge in [0.15, 0.2) is 11.6 Å². The van der Waals surface area contributed by atoms with Gasteiger partial charge in [-0.1, -0.05) is 109 Å². The average molecular weight is 907 g/mol. The number of rotatable bonds is 14. The van der Waals surface area contributed by atoms with Crippen molar-refractivity contribution in [3.8, 4) is 22.8 Å². The first-order valence-corrected chi connectivity index (χ1v) is 21.4. The Bertz CT molecular complexity index is 2810. The van der Waals surface area contributed by atoms with Gasteiger partial charge in [-0.25, -0.2) is 16.8 Å². The van der Waals surface area contributed by atoms with Gasteiger partial charge in [-0.2, -0.15) is 29.9 Å². The first-order chi connectivity index (χ1) is 29.9. The van der Waals surface area contributed by atoms with Crippen molar-refractivity contribution in [3.05, 3.63) is 169 Å². The smallest absolute Gasteiger partial charge is 0.744 e. The maximum atomic E-state index is 12.7. The van der Waals surface area contributed by atoms with Gasteiger partial charge in [0.25, 0.3) is 0 Å². The Morgan fingerprint density at radius 2 is 0.641 bits per heavy atom. The van der Waals surface area contributed by atoms with Crippen molar-refractivity contribution in [1.29, 1.82) is 0 Å². The molecule has 0 saturated carbocycles. The van der Waals surface area contributed by atoms with Crippen LogP contribution in [0.5, 0.6) is 0 Å². The summed E-state index contributed by atoms with van der Waals surface area (Å²) in [6, 6.07) is 44.4. The molecule has 8 aromatic rings. The van der Waals surface area contributed by atoms with Crippen LogP contribution in [0.2, 0.25) is 0 Å². The molecule has 308 valence electrons. The van der Waals surface area contributed by atoms with E-state index >= 15 is 0 Å². The maximum Gasteiger partial charge on any atom is 1.00 e. The molecule has 0 atom stereocenters. The Morgan fingerprint density at radius 1 is 0.375 bits per heavy atom. The van der Waals surface area contributed by atoms with E-state index in [1.807, 2.05) is 121 Å². The molecular weight excluding hydrogens is 875 g/mol. The van der Waals surface area contributed by atoms with Crippen LogP contribution in [0, 0.1) is 0 Å². The summed E-state index contributed by atoms with van der Waals surface area (Å²) in [5, 5.41) is 12.4. The van der Waals surface area contributed by atoms with Gasteiger partial charge in [0.1, 0.15) is 20.2 Å². The number of para-hydroxylation sites is 4. The molecular formula is C44H32N10Na2O6S2. The fourth-order valence-corrected chi connectivity index (χ4v) is 7.46. The van der Waals surface area contributed by atoms with E-state index in [1.165, 1.54) is 36.4 Å². The van der Waals surface area contributed by atoms with Crippen molar-refractivity contribution in [2.45, 2.75) is 9.79 Å². The third kappa shape index (κ3) is 12.4. The Labute approximate surface area is 412 Å². The summed E-state index contributed by atoms with van der Waals surface area (Å²) in [7, 11) is -10.3. The van der Waals surface area contributed by atoms with E-state index < -0.39 is 30.0 Å². The molecule has 0 fully saturated rings. The summed E-state index contributed by atoms with van der Waals surface area (Å²) in [5.74, 6) is 0.609. The van der Waals surface area contributed by atoms with E-state index in [1.54, 1.807) is 0 Å². The predicted octanol–water partition coefficient (Wildman–Crippen LogP) is 2.35. The van der Waals surface area contributed by atoms with Crippen LogP contribution >= 0.6 is 0 Å². The number of aromatic nitrogens is 6. The third-order valence-corrected chi connectivity index (χ3v) is 10.7. The minimum absolute atomic E-state index is 0. The van der Waals surface area contributed by atoms with E-state index in [9.17, 15) is 25.9 Å². The summed E-state index contributed by atoms with van der Waals surface area (Å²) in [6.07, 6.45) is 2.45. The second-order valence-electron chi connectivity index (χ2n) is 13.3. The molecule has 0 radical (unpaired) electrons. The number of nitrogens with one attached hydrogen (secondary N) is 4. The summed E-state index contributed by atoms with van der Waals surface area (Å²) in [6.45, 7) is 0. The average Bonchev–Trinajstić information content (AvgIpc) is 3.26. The first kappa shape index (κ1) is 47.6. The number of anilines is 8. The van der Waals surface area contributed by atoms with Gasteiger partial charge in [-0.05, 0) is 71.8 Å². The van der Waals surface area contributed by atoms with E-state index in [0.717, 1.165) is 12.1 Å². The molecule has 4 N–H and O–H groups in total. The molecule has 0 aliphatic rings. The standard InChI is InChI=1S/C44H34N10O6S2.2Na/c55-61(56,57)37-27-31(39-49-41(45-33-13-5-1-6-14-33)53-42(50-39)46-34-15-7-2-8-16-34)25-23-29(37)21-22-30-24-26-32(28-38(30)62(58,59)60)40-51-43(47-35-17-9-3-10-18-35)54-44(52-40)48-36-19-11-4-12-20-36;;/h1-28H,(H,55,56,57)(H,58,59,60)(H2,45,46,49,50,53)(H2,47,48,51,52,54);;/q;2*+1/p-2/b22-21+;;. The molecule has 0 aliphatic carbocycles. The number of benzene rings is 6. The summed E-state index contributed by atoms with van der Waals surface area (Å²) >= 11 is 0. The van der Waals surface area contributed by atoms with Gasteiger partial charge in [0, 0.05) is 33.9 Å². The van der Waals surface area contributed by atoms with Gasteiger partial charge in [-0.3, -0.25) is 0 Å². The fraction of sp³-hybridized carbons (Fsp3) is 0. The SMILES string of the molecule is O=S(=O)([O-])c1cc(-c2nc(Nc3ccccc3)nc(Nc3ccccc3)n2)ccc1/C=C/c1ccc(-c2nc(Nc3ccccc3)nc(Nc3ccccc3)n2)cc1S(=O)(=O)[O-].[Na+].[Na+]. The Hall–Kier alpha value is -5.90. The Kier molecular flexibility index (Phi) is 15.7. The molecule has 6 aromatic carbocycles. The van der Waals surface area contributed by atoms with Crippen molar-refractivity contribution in [3.63, 3.8) is 0 Å². The van der Waals surface area contributed by atoms with Crippen LogP contribution in [0.1, 0.15) is 11.1 Å². The quantitative estimate of drug-likeness (QED) is 0.0696. The molecule has 0 spiro atoms. The van der Waals surface area contributed by atoms with E-state index in [4.69, 9.17) is 0 Å². The molecule has 20 heteroatoms. The number of hydrogen-bond acceptors (Lipinski definition) is 16. The van der Waals surface area contributed by atoms with E-state index in [-0.39, 0.29) is 117 Å². The molecule has 0 bridgehead atoms. The largest absolute Gasteiger partial charge is 1.00 e. The molecule has 0 saturated heterocycles. The molecule has 64 heavy (non-hydrogen) atoms. The van der Waals surface area contributed by atoms with Crippen molar-refractivity contribution in [2.24, 2.45) is 0 Å². The van der Waals surface area contributed by atoms with Crippen molar-refractivity contribution < 1.29 is 85.1 Å². The van der Waals surface area contributed by atoms with Crippen molar-refractivity contribution in [1.82, 2.24) is 29.9 Å². The van der Waals surface area contributed by atoms with Crippen LogP contribution in [-0.4, -0.2) is 55.8 Å². The summed E-state index contributed by atoms with van der Waals surface area (Å²) < 4.78 is 76.4. The van der Waals surface area contributed by atoms with Gasteiger partial charge >= 0.3 is 59.1 Å². The zero-order valence-corrected chi connectivity index (χ0v) is 39.7. The second-order valence-corrected chi connectivity index (χ2v) is 16.0.